The van der Waals surface area contributed by atoms with Crippen LogP contribution in [-0.4, -0.2) is 82.1 Å². The molecule has 50 heavy (non-hydrogen) atoms. The topological polar surface area (TPSA) is 138 Å². The van der Waals surface area contributed by atoms with E-state index in [0.29, 0.717) is 24.3 Å². The van der Waals surface area contributed by atoms with Crippen LogP contribution in [0.4, 0.5) is 0 Å². The van der Waals surface area contributed by atoms with E-state index < -0.39 is 30.1 Å². The zero-order valence-electron chi connectivity index (χ0n) is 30.2. The van der Waals surface area contributed by atoms with Crippen LogP contribution < -0.4 is 10.6 Å². The number of nitrogens with one attached hydrogen (secondary N) is 2. The summed E-state index contributed by atoms with van der Waals surface area (Å²) in [6.45, 7) is 14.0. The number of piperidine rings is 1. The number of benzene rings is 1. The second kappa shape index (κ2) is 17.8. The van der Waals surface area contributed by atoms with Crippen LogP contribution in [0.5, 0.6) is 0 Å². The van der Waals surface area contributed by atoms with E-state index in [0.717, 1.165) is 48.8 Å². The highest BCUT2D eigenvalue weighted by Crippen LogP contribution is 2.32. The van der Waals surface area contributed by atoms with Crippen molar-refractivity contribution < 1.29 is 28.7 Å². The number of hydrogen-bond acceptors (Lipinski definition) is 9. The van der Waals surface area contributed by atoms with Gasteiger partial charge >= 0.3 is 5.97 Å². The third kappa shape index (κ3) is 9.66. The minimum absolute atomic E-state index is 0.0786. The summed E-state index contributed by atoms with van der Waals surface area (Å²) in [6, 6.07) is 7.96. The summed E-state index contributed by atoms with van der Waals surface area (Å²) in [4.78, 5) is 74.7. The fourth-order valence-corrected chi connectivity index (χ4v) is 7.59. The number of hydrogen-bond donors (Lipinski definition) is 2. The van der Waals surface area contributed by atoms with E-state index in [-0.39, 0.29) is 59.7 Å². The Morgan fingerprint density at radius 3 is 2.48 bits per heavy atom. The number of nitrogens with zero attached hydrogens (tertiary/aromatic N) is 3. The summed E-state index contributed by atoms with van der Waals surface area (Å²) >= 11 is 1.16. The van der Waals surface area contributed by atoms with Gasteiger partial charge in [-0.25, -0.2) is 9.78 Å². The first kappa shape index (κ1) is 38.9. The van der Waals surface area contributed by atoms with Crippen molar-refractivity contribution in [1.29, 1.82) is 0 Å². The first-order chi connectivity index (χ1) is 23.8. The maximum Gasteiger partial charge on any atom is 0.330 e. The highest BCUT2D eigenvalue weighted by atomic mass is 32.1. The third-order valence-electron chi connectivity index (χ3n) is 10.1. The third-order valence-corrected chi connectivity index (χ3v) is 11.0. The molecule has 2 aliphatic rings. The molecular formula is C38H53N5O6S. The molecule has 1 aromatic heterocycles. The molecule has 272 valence electrons. The quantitative estimate of drug-likeness (QED) is 0.149. The van der Waals surface area contributed by atoms with Gasteiger partial charge in [0.1, 0.15) is 16.7 Å². The van der Waals surface area contributed by atoms with E-state index in [9.17, 15) is 24.0 Å². The van der Waals surface area contributed by atoms with E-state index >= 15 is 0 Å². The molecule has 0 bridgehead atoms. The standard InChI is InChI=1S/C38H53N5O6S/c1-8-24(5)33(41-34(45)30-17-13-14-18-42(30)7)35(46)39-28(23(3)4)21-31(49-32(44)9-2)36-40-29(22-50-36)38(48)43-27(19-25(6)37(43)47)20-26-15-11-10-12-16-26/h9-12,15-16,22-25,27-28,30-31,33H,2,8,13-14,17-21H2,1,3-7H3,(H,39,46)(H,41,45). The number of imide groups is 1. The second-order valence-electron chi connectivity index (χ2n) is 14.2. The van der Waals surface area contributed by atoms with Gasteiger partial charge in [-0.15, -0.1) is 11.3 Å². The van der Waals surface area contributed by atoms with Crippen molar-refractivity contribution in [3.63, 3.8) is 0 Å². The van der Waals surface area contributed by atoms with Gasteiger partial charge < -0.3 is 15.4 Å². The lowest BCUT2D eigenvalue weighted by molar-refractivity contribution is -0.144. The van der Waals surface area contributed by atoms with Crippen LogP contribution in [0.3, 0.4) is 0 Å². The van der Waals surface area contributed by atoms with E-state index in [2.05, 4.69) is 22.2 Å². The first-order valence-corrected chi connectivity index (χ1v) is 18.7. The molecule has 12 heteroatoms. The molecule has 2 fully saturated rings. The van der Waals surface area contributed by atoms with Crippen LogP contribution in [-0.2, 0) is 30.3 Å². The van der Waals surface area contributed by atoms with E-state index in [1.807, 2.05) is 76.9 Å². The number of carbonyl (C=O) groups is 5. The van der Waals surface area contributed by atoms with Gasteiger partial charge in [-0.3, -0.25) is 29.0 Å². The molecule has 2 aliphatic heterocycles. The number of amides is 4. The molecule has 4 rings (SSSR count). The van der Waals surface area contributed by atoms with Gasteiger partial charge in [0, 0.05) is 35.9 Å². The van der Waals surface area contributed by atoms with Crippen LogP contribution in [0.1, 0.15) is 100 Å². The highest BCUT2D eigenvalue weighted by molar-refractivity contribution is 7.09. The van der Waals surface area contributed by atoms with Crippen LogP contribution in [0.25, 0.3) is 0 Å². The number of thiazole rings is 1. The summed E-state index contributed by atoms with van der Waals surface area (Å²) < 4.78 is 5.76. The molecular weight excluding hydrogens is 655 g/mol. The Hall–Kier alpha value is -3.90. The maximum absolute atomic E-state index is 13.9. The fraction of sp³-hybridized carbons (Fsp3) is 0.579. The lowest BCUT2D eigenvalue weighted by Crippen LogP contribution is -2.57. The van der Waals surface area contributed by atoms with Gasteiger partial charge in [-0.2, -0.15) is 0 Å². The van der Waals surface area contributed by atoms with E-state index in [1.54, 1.807) is 5.38 Å². The normalized spacial score (nSPS) is 22.0. The number of likely N-dealkylation sites (tertiary alicyclic amines) is 2. The fourth-order valence-electron chi connectivity index (χ4n) is 6.76. The molecule has 0 radical (unpaired) electrons. The van der Waals surface area contributed by atoms with Gasteiger partial charge in [0.05, 0.1) is 6.04 Å². The van der Waals surface area contributed by atoms with Crippen LogP contribution in [0.2, 0.25) is 0 Å². The SMILES string of the molecule is C=CC(=O)OC(CC(NC(=O)C(NC(=O)C1CCCCN1C)C(C)CC)C(C)C)c1nc(C(=O)N2C(=O)C(C)CC2Cc2ccccc2)cs1. The van der Waals surface area contributed by atoms with Crippen LogP contribution in [0, 0.1) is 17.8 Å². The lowest BCUT2D eigenvalue weighted by Gasteiger charge is -2.34. The zero-order valence-corrected chi connectivity index (χ0v) is 31.0. The van der Waals surface area contributed by atoms with Gasteiger partial charge in [0.15, 0.2) is 6.10 Å². The maximum atomic E-state index is 13.9. The molecule has 7 atom stereocenters. The Morgan fingerprint density at radius 2 is 1.84 bits per heavy atom. The summed E-state index contributed by atoms with van der Waals surface area (Å²) in [5.41, 5.74) is 1.13. The second-order valence-corrected chi connectivity index (χ2v) is 15.0. The zero-order chi connectivity index (χ0) is 36.5. The Morgan fingerprint density at radius 1 is 1.12 bits per heavy atom. The van der Waals surface area contributed by atoms with Crippen molar-refractivity contribution in [1.82, 2.24) is 25.4 Å². The van der Waals surface area contributed by atoms with E-state index in [4.69, 9.17) is 4.74 Å². The summed E-state index contributed by atoms with van der Waals surface area (Å²) in [6.07, 6.45) is 4.88. The largest absolute Gasteiger partial charge is 0.452 e. The number of aromatic nitrogens is 1. The highest BCUT2D eigenvalue weighted by Gasteiger charge is 2.42. The summed E-state index contributed by atoms with van der Waals surface area (Å²) in [5, 5.41) is 8.12. The summed E-state index contributed by atoms with van der Waals surface area (Å²) in [7, 11) is 1.94. The minimum atomic E-state index is -0.902. The number of rotatable bonds is 15. The average Bonchev–Trinajstić information content (AvgIpc) is 3.70. The Kier molecular flexibility index (Phi) is 13.9. The molecule has 0 saturated carbocycles. The molecule has 2 aromatic rings. The predicted octanol–water partition coefficient (Wildman–Crippen LogP) is 5.08. The lowest BCUT2D eigenvalue weighted by atomic mass is 9.94. The van der Waals surface area contributed by atoms with Crippen LogP contribution >= 0.6 is 11.3 Å². The van der Waals surface area contributed by atoms with Crippen molar-refractivity contribution in [2.45, 2.75) is 110 Å². The van der Waals surface area contributed by atoms with Gasteiger partial charge in [0.2, 0.25) is 17.7 Å². The van der Waals surface area contributed by atoms with Crippen molar-refractivity contribution in [3.8, 4) is 0 Å². The predicted molar refractivity (Wildman–Crippen MR) is 193 cm³/mol. The Labute approximate surface area is 300 Å². The number of likely N-dealkylation sites (N-methyl/N-ethyl adjacent to an activating group) is 1. The van der Waals surface area contributed by atoms with Gasteiger partial charge in [0.25, 0.3) is 5.91 Å². The Balaban J connectivity index is 1.53. The van der Waals surface area contributed by atoms with Crippen molar-refractivity contribution in [2.24, 2.45) is 17.8 Å². The van der Waals surface area contributed by atoms with Crippen LogP contribution in [0.15, 0.2) is 48.4 Å². The molecule has 2 N–H and O–H groups in total. The Bertz CT molecular complexity index is 1510. The molecule has 3 heterocycles. The van der Waals surface area contributed by atoms with Crippen molar-refractivity contribution >= 4 is 40.9 Å². The molecule has 7 unspecified atom stereocenters. The van der Waals surface area contributed by atoms with Crippen molar-refractivity contribution in [2.75, 3.05) is 13.6 Å². The average molecular weight is 708 g/mol. The van der Waals surface area contributed by atoms with Gasteiger partial charge in [-0.1, -0.05) is 84.4 Å². The van der Waals surface area contributed by atoms with Crippen molar-refractivity contribution in [3.05, 3.63) is 64.6 Å². The molecule has 0 spiro atoms. The number of ether oxygens (including phenoxy) is 1. The smallest absolute Gasteiger partial charge is 0.330 e. The monoisotopic (exact) mass is 707 g/mol. The molecule has 4 amide bonds. The van der Waals surface area contributed by atoms with E-state index in [1.165, 1.54) is 4.90 Å². The molecule has 1 aromatic carbocycles. The first-order valence-electron chi connectivity index (χ1n) is 17.8. The minimum Gasteiger partial charge on any atom is -0.452 e. The number of carbonyl (C=O) groups excluding carboxylic acids is 5. The van der Waals surface area contributed by atoms with Gasteiger partial charge in [-0.05, 0) is 56.7 Å². The molecule has 2 saturated heterocycles. The summed E-state index contributed by atoms with van der Waals surface area (Å²) in [5.74, 6) is -2.34. The molecule has 11 nitrogen and oxygen atoms in total. The molecule has 0 aliphatic carbocycles. The number of esters is 1.